The second-order valence-corrected chi connectivity index (χ2v) is 17.7. The molecular formula is C66H47N. The van der Waals surface area contributed by atoms with Crippen LogP contribution in [-0.2, 0) is 0 Å². The molecule has 1 heteroatoms. The van der Waals surface area contributed by atoms with Gasteiger partial charge in [-0.1, -0.05) is 224 Å². The Labute approximate surface area is 392 Å². The lowest BCUT2D eigenvalue weighted by Gasteiger charge is -2.19. The summed E-state index contributed by atoms with van der Waals surface area (Å²) in [7, 11) is 0. The molecule has 1 atom stereocenters. The van der Waals surface area contributed by atoms with Gasteiger partial charge >= 0.3 is 0 Å². The van der Waals surface area contributed by atoms with Crippen LogP contribution in [0.3, 0.4) is 0 Å². The third kappa shape index (κ3) is 7.92. The van der Waals surface area contributed by atoms with Gasteiger partial charge in [0, 0.05) is 22.4 Å². The Hall–Kier alpha value is -8.52. The highest BCUT2D eigenvalue weighted by molar-refractivity contribution is 6.12. The first-order chi connectivity index (χ1) is 33.2. The smallest absolute Gasteiger partial charge is 0.0541 e. The fourth-order valence-electron chi connectivity index (χ4n) is 9.97. The number of fused-ring (bicyclic) bond motifs is 3. The minimum atomic E-state index is 0.364. The highest BCUT2D eigenvalue weighted by Crippen LogP contribution is 2.41. The number of nitrogens with zero attached hydrogens (tertiary/aromatic N) is 1. The molecule has 1 unspecified atom stereocenters. The van der Waals surface area contributed by atoms with Crippen molar-refractivity contribution in [1.29, 1.82) is 0 Å². The first-order valence-corrected chi connectivity index (χ1v) is 23.3. The SMILES string of the molecule is C1=CC(c2ccccc2)CC=C1c1cc(-c2ccc(-c3ccccc3)cc2)cc(-n2c3ccc(-c4ccc(-c5ccccc5)cc4)cc3c3cc(-c4ccc(-c5ccccc5)cc4)ccc32)c1. The van der Waals surface area contributed by atoms with Crippen LogP contribution < -0.4 is 0 Å². The van der Waals surface area contributed by atoms with Crippen molar-refractivity contribution in [1.82, 2.24) is 4.57 Å². The molecule has 0 spiro atoms. The van der Waals surface area contributed by atoms with E-state index in [1.165, 1.54) is 105 Å². The molecule has 1 aliphatic rings. The molecule has 0 saturated heterocycles. The molecule has 11 aromatic rings. The molecule has 0 fully saturated rings. The van der Waals surface area contributed by atoms with E-state index in [2.05, 4.69) is 272 Å². The molecule has 10 aromatic carbocycles. The van der Waals surface area contributed by atoms with Gasteiger partial charge in [0.25, 0.3) is 0 Å². The molecule has 67 heavy (non-hydrogen) atoms. The molecule has 1 aromatic heterocycles. The number of hydrogen-bond donors (Lipinski definition) is 0. The van der Waals surface area contributed by atoms with Gasteiger partial charge in [-0.2, -0.15) is 0 Å². The fraction of sp³-hybridized carbons (Fsp3) is 0.0303. The van der Waals surface area contributed by atoms with E-state index in [9.17, 15) is 0 Å². The molecule has 1 nitrogen and oxygen atoms in total. The average molecular weight is 854 g/mol. The zero-order valence-electron chi connectivity index (χ0n) is 37.1. The molecule has 316 valence electrons. The number of allylic oxidation sites excluding steroid dienone is 4. The third-order valence-electron chi connectivity index (χ3n) is 13.6. The molecule has 0 bridgehead atoms. The summed E-state index contributed by atoms with van der Waals surface area (Å²) < 4.78 is 2.49. The van der Waals surface area contributed by atoms with E-state index in [4.69, 9.17) is 0 Å². The number of hydrogen-bond acceptors (Lipinski definition) is 0. The Morgan fingerprint density at radius 2 is 0.657 bits per heavy atom. The molecule has 1 heterocycles. The van der Waals surface area contributed by atoms with Gasteiger partial charge in [0.15, 0.2) is 0 Å². The lowest BCUT2D eigenvalue weighted by Crippen LogP contribution is -2.00. The van der Waals surface area contributed by atoms with Crippen LogP contribution in [0.2, 0.25) is 0 Å². The van der Waals surface area contributed by atoms with E-state index in [1.54, 1.807) is 0 Å². The Kier molecular flexibility index (Phi) is 10.4. The van der Waals surface area contributed by atoms with Crippen molar-refractivity contribution < 1.29 is 0 Å². The molecule has 0 amide bonds. The van der Waals surface area contributed by atoms with E-state index in [0.717, 1.165) is 12.1 Å². The summed E-state index contributed by atoms with van der Waals surface area (Å²) in [5, 5.41) is 2.45. The summed E-state index contributed by atoms with van der Waals surface area (Å²) in [6.45, 7) is 0. The summed E-state index contributed by atoms with van der Waals surface area (Å²) >= 11 is 0. The second kappa shape index (κ2) is 17.5. The van der Waals surface area contributed by atoms with Crippen LogP contribution in [0.25, 0.3) is 99.8 Å². The maximum Gasteiger partial charge on any atom is 0.0541 e. The standard InChI is InChI=1S/C66H47N/c1-5-13-46(14-6-1)50-21-29-54(30-22-50)58-37-39-65-63(44-58)64-45-59(55-31-23-51(24-32-55)47-15-7-2-8-16-47)38-40-66(64)67(65)62-42-60(56-33-25-52(26-34-56)48-17-9-3-10-18-48)41-61(43-62)57-35-27-53(28-36-57)49-19-11-4-12-20-49/h1-27,29-45,53H,28H2. The van der Waals surface area contributed by atoms with Crippen LogP contribution in [0.5, 0.6) is 0 Å². The largest absolute Gasteiger partial charge is 0.309 e. The minimum Gasteiger partial charge on any atom is -0.309 e. The van der Waals surface area contributed by atoms with Crippen LogP contribution in [0, 0.1) is 0 Å². The monoisotopic (exact) mass is 853 g/mol. The predicted octanol–water partition coefficient (Wildman–Crippen LogP) is 17.9. The van der Waals surface area contributed by atoms with Gasteiger partial charge in [-0.25, -0.2) is 0 Å². The van der Waals surface area contributed by atoms with E-state index < -0.39 is 0 Å². The van der Waals surface area contributed by atoms with Gasteiger partial charge in [0.05, 0.1) is 11.0 Å². The summed E-state index contributed by atoms with van der Waals surface area (Å²) in [6, 6.07) is 91.0. The first-order valence-electron chi connectivity index (χ1n) is 23.3. The molecule has 0 aliphatic heterocycles. The van der Waals surface area contributed by atoms with Crippen molar-refractivity contribution >= 4 is 27.4 Å². The van der Waals surface area contributed by atoms with Crippen molar-refractivity contribution in [3.63, 3.8) is 0 Å². The molecule has 0 N–H and O–H groups in total. The van der Waals surface area contributed by atoms with E-state index in [1.807, 2.05) is 0 Å². The quantitative estimate of drug-likeness (QED) is 0.136. The molecule has 12 rings (SSSR count). The van der Waals surface area contributed by atoms with Crippen molar-refractivity contribution in [3.8, 4) is 72.4 Å². The second-order valence-electron chi connectivity index (χ2n) is 17.7. The van der Waals surface area contributed by atoms with Gasteiger partial charge in [-0.3, -0.25) is 0 Å². The van der Waals surface area contributed by atoms with Gasteiger partial charge < -0.3 is 4.57 Å². The summed E-state index contributed by atoms with van der Waals surface area (Å²) in [6.07, 6.45) is 8.10. The zero-order valence-corrected chi connectivity index (χ0v) is 37.1. The van der Waals surface area contributed by atoms with Crippen molar-refractivity contribution in [2.75, 3.05) is 0 Å². The van der Waals surface area contributed by atoms with Crippen LogP contribution in [0.15, 0.2) is 267 Å². The van der Waals surface area contributed by atoms with Gasteiger partial charge in [-0.05, 0) is 132 Å². The fourth-order valence-corrected chi connectivity index (χ4v) is 9.97. The minimum absolute atomic E-state index is 0.364. The summed E-state index contributed by atoms with van der Waals surface area (Å²) in [5.41, 5.74) is 21.8. The first kappa shape index (κ1) is 40.0. The predicted molar refractivity (Wildman–Crippen MR) is 284 cm³/mol. The number of rotatable bonds is 9. The van der Waals surface area contributed by atoms with E-state index >= 15 is 0 Å². The highest BCUT2D eigenvalue weighted by Gasteiger charge is 2.19. The number of aromatic nitrogens is 1. The third-order valence-corrected chi connectivity index (χ3v) is 13.6. The molecule has 1 aliphatic carbocycles. The van der Waals surface area contributed by atoms with Gasteiger partial charge in [-0.15, -0.1) is 0 Å². The van der Waals surface area contributed by atoms with Crippen LogP contribution >= 0.6 is 0 Å². The zero-order chi connectivity index (χ0) is 44.5. The lowest BCUT2D eigenvalue weighted by atomic mass is 9.87. The van der Waals surface area contributed by atoms with Crippen LogP contribution in [0.4, 0.5) is 0 Å². The van der Waals surface area contributed by atoms with Gasteiger partial charge in [0.1, 0.15) is 0 Å². The maximum atomic E-state index is 2.49. The molecule has 0 radical (unpaired) electrons. The Morgan fingerprint density at radius 1 is 0.299 bits per heavy atom. The lowest BCUT2D eigenvalue weighted by molar-refractivity contribution is 0.856. The van der Waals surface area contributed by atoms with Crippen molar-refractivity contribution in [2.24, 2.45) is 0 Å². The Bertz CT molecular complexity index is 3440. The van der Waals surface area contributed by atoms with E-state index in [0.29, 0.717) is 5.92 Å². The topological polar surface area (TPSA) is 4.93 Å². The average Bonchev–Trinajstić information content (AvgIpc) is 3.75. The highest BCUT2D eigenvalue weighted by atomic mass is 15.0. The molecule has 0 saturated carbocycles. The summed E-state index contributed by atoms with van der Waals surface area (Å²) in [4.78, 5) is 0. The van der Waals surface area contributed by atoms with Crippen LogP contribution in [-0.4, -0.2) is 4.57 Å². The Morgan fingerprint density at radius 3 is 1.07 bits per heavy atom. The summed E-state index contributed by atoms with van der Waals surface area (Å²) in [5.74, 6) is 0.364. The van der Waals surface area contributed by atoms with Crippen molar-refractivity contribution in [2.45, 2.75) is 12.3 Å². The van der Waals surface area contributed by atoms with Gasteiger partial charge in [0.2, 0.25) is 0 Å². The normalized spacial score (nSPS) is 13.5. The molecular weight excluding hydrogens is 807 g/mol. The van der Waals surface area contributed by atoms with Crippen LogP contribution in [0.1, 0.15) is 23.5 Å². The van der Waals surface area contributed by atoms with Crippen molar-refractivity contribution in [3.05, 3.63) is 278 Å². The number of benzene rings is 10. The maximum absolute atomic E-state index is 2.49. The van der Waals surface area contributed by atoms with E-state index in [-0.39, 0.29) is 0 Å². The Balaban J connectivity index is 1.01.